The fourth-order valence-corrected chi connectivity index (χ4v) is 1.17. The van der Waals surface area contributed by atoms with Crippen molar-refractivity contribution in [1.82, 2.24) is 10.3 Å². The maximum atomic E-state index is 11.8. The van der Waals surface area contributed by atoms with E-state index in [2.05, 4.69) is 15.6 Å². The molecule has 1 atom stereocenters. The van der Waals surface area contributed by atoms with E-state index in [0.29, 0.717) is 5.69 Å². The van der Waals surface area contributed by atoms with Crippen molar-refractivity contribution in [1.29, 1.82) is 0 Å². The maximum Gasteiger partial charge on any atom is 0.246 e. The summed E-state index contributed by atoms with van der Waals surface area (Å²) in [5.41, 5.74) is 0.0994. The third-order valence-electron chi connectivity index (χ3n) is 2.35. The van der Waals surface area contributed by atoms with E-state index in [1.807, 2.05) is 0 Å². The molecule has 18 heavy (non-hydrogen) atoms. The van der Waals surface area contributed by atoms with Crippen molar-refractivity contribution in [3.8, 4) is 0 Å². The van der Waals surface area contributed by atoms with Gasteiger partial charge in [-0.2, -0.15) is 0 Å². The van der Waals surface area contributed by atoms with Crippen molar-refractivity contribution in [2.24, 2.45) is 5.41 Å². The first kappa shape index (κ1) is 14.2. The number of nitrogens with one attached hydrogen (secondary N) is 2. The fourth-order valence-electron chi connectivity index (χ4n) is 1.17. The lowest BCUT2D eigenvalue weighted by Crippen LogP contribution is -2.46. The molecule has 0 aliphatic carbocycles. The van der Waals surface area contributed by atoms with Gasteiger partial charge >= 0.3 is 0 Å². The monoisotopic (exact) mass is 249 g/mol. The summed E-state index contributed by atoms with van der Waals surface area (Å²) in [5, 5.41) is 5.35. The highest BCUT2D eigenvalue weighted by Gasteiger charge is 2.24. The molecule has 0 unspecified atom stereocenters. The molecule has 0 aliphatic rings. The third kappa shape index (κ3) is 4.16. The topological polar surface area (TPSA) is 71.1 Å². The molecule has 0 saturated carbocycles. The summed E-state index contributed by atoms with van der Waals surface area (Å²) in [7, 11) is 0. The van der Waals surface area contributed by atoms with Crippen molar-refractivity contribution in [2.45, 2.75) is 33.7 Å². The zero-order valence-electron chi connectivity index (χ0n) is 11.2. The van der Waals surface area contributed by atoms with Crippen LogP contribution in [0.1, 0.15) is 27.7 Å². The van der Waals surface area contributed by atoms with Crippen LogP contribution in [-0.2, 0) is 9.59 Å². The molecule has 2 amide bonds. The van der Waals surface area contributed by atoms with Crippen molar-refractivity contribution < 1.29 is 9.59 Å². The Hall–Kier alpha value is -1.91. The number of anilines is 1. The molecule has 0 fully saturated rings. The summed E-state index contributed by atoms with van der Waals surface area (Å²) < 4.78 is 0. The Morgan fingerprint density at radius 2 is 2.00 bits per heavy atom. The number of rotatable bonds is 3. The highest BCUT2D eigenvalue weighted by atomic mass is 16.2. The van der Waals surface area contributed by atoms with Gasteiger partial charge in [-0.15, -0.1) is 0 Å². The van der Waals surface area contributed by atoms with Crippen LogP contribution in [0.4, 0.5) is 5.69 Å². The smallest absolute Gasteiger partial charge is 0.246 e. The van der Waals surface area contributed by atoms with Gasteiger partial charge in [0.15, 0.2) is 0 Å². The molecule has 5 heteroatoms. The van der Waals surface area contributed by atoms with Gasteiger partial charge in [-0.1, -0.05) is 20.8 Å². The molecule has 0 spiro atoms. The predicted octanol–water partition coefficient (Wildman–Crippen LogP) is 1.57. The Morgan fingerprint density at radius 1 is 1.33 bits per heavy atom. The molecule has 0 radical (unpaired) electrons. The number of pyridine rings is 1. The third-order valence-corrected chi connectivity index (χ3v) is 2.35. The predicted molar refractivity (Wildman–Crippen MR) is 69.9 cm³/mol. The van der Waals surface area contributed by atoms with Gasteiger partial charge in [0.1, 0.15) is 6.04 Å². The Labute approximate surface area is 107 Å². The highest BCUT2D eigenvalue weighted by molar-refractivity contribution is 5.97. The standard InChI is InChI=1S/C13H19N3O2/c1-9(15-12(18)13(2,3)4)11(17)16-10-6-5-7-14-8-10/h5-9H,1-4H3,(H,15,18)(H,16,17)/t9-/m0/s1. The highest BCUT2D eigenvalue weighted by Crippen LogP contribution is 2.13. The number of nitrogens with zero attached hydrogens (tertiary/aromatic N) is 1. The Kier molecular flexibility index (Phi) is 4.42. The van der Waals surface area contributed by atoms with Crippen molar-refractivity contribution in [2.75, 3.05) is 5.32 Å². The molecule has 1 aromatic heterocycles. The molecule has 1 heterocycles. The minimum atomic E-state index is -0.586. The van der Waals surface area contributed by atoms with Crippen molar-refractivity contribution in [3.63, 3.8) is 0 Å². The molecule has 1 aromatic rings. The second-order valence-corrected chi connectivity index (χ2v) is 5.18. The number of aromatic nitrogens is 1. The lowest BCUT2D eigenvalue weighted by Gasteiger charge is -2.21. The summed E-state index contributed by atoms with van der Waals surface area (Å²) in [5.74, 6) is -0.420. The zero-order chi connectivity index (χ0) is 13.8. The van der Waals surface area contributed by atoms with Gasteiger partial charge in [0.2, 0.25) is 11.8 Å². The first-order valence-corrected chi connectivity index (χ1v) is 5.82. The van der Waals surface area contributed by atoms with Crippen molar-refractivity contribution in [3.05, 3.63) is 24.5 Å². The van der Waals surface area contributed by atoms with Gasteiger partial charge in [-0.05, 0) is 19.1 Å². The largest absolute Gasteiger partial charge is 0.344 e. The van der Waals surface area contributed by atoms with Gasteiger partial charge in [-0.3, -0.25) is 14.6 Å². The molecule has 98 valence electrons. The van der Waals surface area contributed by atoms with Crippen LogP contribution in [0.5, 0.6) is 0 Å². The SMILES string of the molecule is C[C@H](NC(=O)C(C)(C)C)C(=O)Nc1cccnc1. The maximum absolute atomic E-state index is 11.8. The Bertz CT molecular complexity index is 424. The minimum Gasteiger partial charge on any atom is -0.344 e. The van der Waals surface area contributed by atoms with Crippen LogP contribution >= 0.6 is 0 Å². The molecular formula is C13H19N3O2. The Balaban J connectivity index is 2.55. The normalized spacial score (nSPS) is 12.7. The molecule has 5 nitrogen and oxygen atoms in total. The lowest BCUT2D eigenvalue weighted by molar-refractivity contribution is -0.131. The average molecular weight is 249 g/mol. The van der Waals surface area contributed by atoms with Crippen LogP contribution in [0.25, 0.3) is 0 Å². The first-order valence-electron chi connectivity index (χ1n) is 5.82. The number of amides is 2. The van der Waals surface area contributed by atoms with Gasteiger partial charge in [0.25, 0.3) is 0 Å². The number of carbonyl (C=O) groups excluding carboxylic acids is 2. The zero-order valence-corrected chi connectivity index (χ0v) is 11.2. The summed E-state index contributed by atoms with van der Waals surface area (Å²) >= 11 is 0. The van der Waals surface area contributed by atoms with Crippen LogP contribution in [0, 0.1) is 5.41 Å². The Morgan fingerprint density at radius 3 is 2.50 bits per heavy atom. The van der Waals surface area contributed by atoms with Crippen LogP contribution in [0.3, 0.4) is 0 Å². The van der Waals surface area contributed by atoms with E-state index in [-0.39, 0.29) is 11.8 Å². The van der Waals surface area contributed by atoms with Crippen LogP contribution < -0.4 is 10.6 Å². The van der Waals surface area contributed by atoms with E-state index in [1.54, 1.807) is 52.2 Å². The summed E-state index contributed by atoms with van der Waals surface area (Å²) in [6, 6.07) is 2.88. The number of hydrogen-bond acceptors (Lipinski definition) is 3. The van der Waals surface area contributed by atoms with Crippen LogP contribution in [0.15, 0.2) is 24.5 Å². The van der Waals surface area contributed by atoms with Gasteiger partial charge in [0.05, 0.1) is 11.9 Å². The van der Waals surface area contributed by atoms with Crippen LogP contribution in [0.2, 0.25) is 0 Å². The molecule has 0 aromatic carbocycles. The van der Waals surface area contributed by atoms with E-state index in [4.69, 9.17) is 0 Å². The molecule has 2 N–H and O–H groups in total. The van der Waals surface area contributed by atoms with Crippen LogP contribution in [-0.4, -0.2) is 22.8 Å². The van der Waals surface area contributed by atoms with E-state index in [1.165, 1.54) is 0 Å². The quantitative estimate of drug-likeness (QED) is 0.854. The first-order chi connectivity index (χ1) is 8.30. The molecule has 1 rings (SSSR count). The minimum absolute atomic E-state index is 0.156. The molecule has 0 bridgehead atoms. The number of hydrogen-bond donors (Lipinski definition) is 2. The second kappa shape index (κ2) is 5.62. The lowest BCUT2D eigenvalue weighted by atomic mass is 9.95. The van der Waals surface area contributed by atoms with E-state index >= 15 is 0 Å². The summed E-state index contributed by atoms with van der Waals surface area (Å²) in [4.78, 5) is 27.4. The fraction of sp³-hybridized carbons (Fsp3) is 0.462. The van der Waals surface area contributed by atoms with E-state index < -0.39 is 11.5 Å². The van der Waals surface area contributed by atoms with E-state index in [9.17, 15) is 9.59 Å². The van der Waals surface area contributed by atoms with Crippen molar-refractivity contribution >= 4 is 17.5 Å². The number of carbonyl (C=O) groups is 2. The summed E-state index contributed by atoms with van der Waals surface area (Å²) in [6.07, 6.45) is 3.18. The molecular weight excluding hydrogens is 230 g/mol. The average Bonchev–Trinajstić information content (AvgIpc) is 2.28. The van der Waals surface area contributed by atoms with Gasteiger partial charge < -0.3 is 10.6 Å². The summed E-state index contributed by atoms with van der Waals surface area (Å²) in [6.45, 7) is 7.05. The van der Waals surface area contributed by atoms with Gasteiger partial charge in [-0.25, -0.2) is 0 Å². The molecule has 0 saturated heterocycles. The second-order valence-electron chi connectivity index (χ2n) is 5.18. The molecule has 0 aliphatic heterocycles. The van der Waals surface area contributed by atoms with Gasteiger partial charge in [0, 0.05) is 11.6 Å². The van der Waals surface area contributed by atoms with E-state index in [0.717, 1.165) is 0 Å².